The lowest BCUT2D eigenvalue weighted by molar-refractivity contribution is -0.132. The van der Waals surface area contributed by atoms with Gasteiger partial charge in [-0.3, -0.25) is 9.69 Å². The van der Waals surface area contributed by atoms with Gasteiger partial charge in [-0.2, -0.15) is 0 Å². The molecular weight excluding hydrogens is 328 g/mol. The Morgan fingerprint density at radius 1 is 1.00 bits per heavy atom. The van der Waals surface area contributed by atoms with Gasteiger partial charge in [0.05, 0.1) is 6.54 Å². The van der Waals surface area contributed by atoms with E-state index >= 15 is 0 Å². The molecule has 0 radical (unpaired) electrons. The monoisotopic (exact) mass is 352 g/mol. The van der Waals surface area contributed by atoms with Crippen LogP contribution in [0.3, 0.4) is 0 Å². The van der Waals surface area contributed by atoms with E-state index < -0.39 is 5.54 Å². The third-order valence-corrected chi connectivity index (χ3v) is 4.94. The fourth-order valence-corrected chi connectivity index (χ4v) is 3.46. The maximum atomic E-state index is 13.0. The van der Waals surface area contributed by atoms with Crippen LogP contribution < -0.4 is 10.1 Å². The molecule has 1 atom stereocenters. The van der Waals surface area contributed by atoms with E-state index in [1.165, 1.54) is 4.90 Å². The maximum absolute atomic E-state index is 13.0. The molecular formula is C21H24N2O3. The first kappa shape index (κ1) is 18.0. The smallest absolute Gasteiger partial charge is 0.325 e. The molecule has 2 aromatic carbocycles. The molecule has 0 saturated carbocycles. The van der Waals surface area contributed by atoms with Crippen molar-refractivity contribution < 1.29 is 14.3 Å². The number of hydrogen-bond donors (Lipinski definition) is 1. The summed E-state index contributed by atoms with van der Waals surface area (Å²) >= 11 is 0. The zero-order chi connectivity index (χ0) is 18.7. The van der Waals surface area contributed by atoms with Crippen LogP contribution in [0.25, 0.3) is 0 Å². The Bertz CT molecular complexity index is 799. The summed E-state index contributed by atoms with van der Waals surface area (Å²) < 4.78 is 5.86. The second-order valence-corrected chi connectivity index (χ2v) is 6.58. The highest BCUT2D eigenvalue weighted by Crippen LogP contribution is 2.32. The van der Waals surface area contributed by atoms with Crippen LogP contribution >= 0.6 is 0 Å². The summed E-state index contributed by atoms with van der Waals surface area (Å²) in [4.78, 5) is 26.7. The number of para-hydroxylation sites is 1. The molecule has 1 aliphatic heterocycles. The Balaban J connectivity index is 1.73. The molecule has 1 heterocycles. The first-order valence-electron chi connectivity index (χ1n) is 8.88. The lowest BCUT2D eigenvalue weighted by Gasteiger charge is -2.25. The molecule has 0 bridgehead atoms. The minimum atomic E-state index is -0.989. The van der Waals surface area contributed by atoms with Gasteiger partial charge in [0, 0.05) is 0 Å². The highest BCUT2D eigenvalue weighted by Gasteiger charge is 2.50. The van der Waals surface area contributed by atoms with Gasteiger partial charge >= 0.3 is 6.03 Å². The van der Waals surface area contributed by atoms with Crippen molar-refractivity contribution in [3.05, 3.63) is 65.2 Å². The first-order valence-corrected chi connectivity index (χ1v) is 8.88. The molecule has 0 spiro atoms. The van der Waals surface area contributed by atoms with Gasteiger partial charge in [-0.25, -0.2) is 4.79 Å². The van der Waals surface area contributed by atoms with Gasteiger partial charge in [0.1, 0.15) is 17.9 Å². The van der Waals surface area contributed by atoms with Gasteiger partial charge < -0.3 is 10.1 Å². The molecule has 1 fully saturated rings. The fraction of sp³-hybridized carbons (Fsp3) is 0.333. The standard InChI is InChI=1S/C21H24N2O3/c1-4-21(17-11-6-5-7-12-17)19(24)23(20(25)22-21)13-14-26-18-15(2)9-8-10-16(18)3/h5-12H,4,13-14H2,1-3H3,(H,22,25). The number of ether oxygens (including phenoxy) is 1. The van der Waals surface area contributed by atoms with Crippen molar-refractivity contribution in [1.82, 2.24) is 10.2 Å². The number of urea groups is 1. The quantitative estimate of drug-likeness (QED) is 0.809. The van der Waals surface area contributed by atoms with Gasteiger partial charge in [0.2, 0.25) is 0 Å². The van der Waals surface area contributed by atoms with Gasteiger partial charge in [-0.05, 0) is 37.0 Å². The van der Waals surface area contributed by atoms with E-state index in [2.05, 4.69) is 5.32 Å². The third kappa shape index (κ3) is 3.05. The molecule has 5 nitrogen and oxygen atoms in total. The van der Waals surface area contributed by atoms with Crippen molar-refractivity contribution >= 4 is 11.9 Å². The number of aryl methyl sites for hydroxylation is 2. The van der Waals surface area contributed by atoms with Gasteiger partial charge in [0.15, 0.2) is 0 Å². The second-order valence-electron chi connectivity index (χ2n) is 6.58. The van der Waals surface area contributed by atoms with Crippen LogP contribution in [-0.2, 0) is 10.3 Å². The number of nitrogens with zero attached hydrogens (tertiary/aromatic N) is 1. The highest BCUT2D eigenvalue weighted by molar-refractivity contribution is 6.07. The van der Waals surface area contributed by atoms with Crippen LogP contribution in [0.1, 0.15) is 30.0 Å². The number of benzene rings is 2. The molecule has 5 heteroatoms. The van der Waals surface area contributed by atoms with E-state index in [1.54, 1.807) is 0 Å². The normalized spacial score (nSPS) is 19.6. The van der Waals surface area contributed by atoms with Crippen LogP contribution in [0.15, 0.2) is 48.5 Å². The second kappa shape index (κ2) is 7.20. The predicted molar refractivity (Wildman–Crippen MR) is 100 cm³/mol. The molecule has 3 amide bonds. The number of amides is 3. The fourth-order valence-electron chi connectivity index (χ4n) is 3.46. The Morgan fingerprint density at radius 2 is 1.65 bits per heavy atom. The van der Waals surface area contributed by atoms with Crippen molar-refractivity contribution in [2.75, 3.05) is 13.2 Å². The number of carbonyl (C=O) groups is 2. The minimum absolute atomic E-state index is 0.215. The summed E-state index contributed by atoms with van der Waals surface area (Å²) in [5.74, 6) is 0.589. The molecule has 1 saturated heterocycles. The number of rotatable bonds is 6. The zero-order valence-electron chi connectivity index (χ0n) is 15.4. The summed E-state index contributed by atoms with van der Waals surface area (Å²) in [5.41, 5.74) is 1.89. The van der Waals surface area contributed by atoms with Crippen LogP contribution in [0.5, 0.6) is 5.75 Å². The molecule has 1 aliphatic rings. The third-order valence-electron chi connectivity index (χ3n) is 4.94. The largest absolute Gasteiger partial charge is 0.491 e. The van der Waals surface area contributed by atoms with Crippen molar-refractivity contribution in [1.29, 1.82) is 0 Å². The SMILES string of the molecule is CCC1(c2ccccc2)NC(=O)N(CCOc2c(C)cccc2C)C1=O. The number of imide groups is 1. The summed E-state index contributed by atoms with van der Waals surface area (Å²) in [6, 6.07) is 15.0. The molecule has 0 aromatic heterocycles. The average Bonchev–Trinajstić information content (AvgIpc) is 2.89. The molecule has 136 valence electrons. The van der Waals surface area contributed by atoms with Gasteiger partial charge in [-0.1, -0.05) is 55.5 Å². The zero-order valence-corrected chi connectivity index (χ0v) is 15.4. The molecule has 0 aliphatic carbocycles. The van der Waals surface area contributed by atoms with Crippen molar-refractivity contribution in [2.45, 2.75) is 32.7 Å². The van der Waals surface area contributed by atoms with Crippen LogP contribution in [-0.4, -0.2) is 30.0 Å². The summed E-state index contributed by atoms with van der Waals surface area (Å²) in [6.45, 7) is 6.34. The topological polar surface area (TPSA) is 58.6 Å². The predicted octanol–water partition coefficient (Wildman–Crippen LogP) is 3.54. The first-order chi connectivity index (χ1) is 12.5. The van der Waals surface area contributed by atoms with E-state index in [0.717, 1.165) is 22.4 Å². The summed E-state index contributed by atoms with van der Waals surface area (Å²) in [6.07, 6.45) is 0.496. The van der Waals surface area contributed by atoms with Crippen molar-refractivity contribution in [2.24, 2.45) is 0 Å². The Hall–Kier alpha value is -2.82. The van der Waals surface area contributed by atoms with E-state index in [9.17, 15) is 9.59 Å². The lowest BCUT2D eigenvalue weighted by atomic mass is 9.87. The van der Waals surface area contributed by atoms with E-state index in [-0.39, 0.29) is 25.1 Å². The van der Waals surface area contributed by atoms with E-state index in [1.807, 2.05) is 69.3 Å². The van der Waals surface area contributed by atoms with E-state index in [0.29, 0.717) is 6.42 Å². The number of carbonyl (C=O) groups excluding carboxylic acids is 2. The molecule has 2 aromatic rings. The molecule has 1 N–H and O–H groups in total. The average molecular weight is 352 g/mol. The Morgan fingerprint density at radius 3 is 2.27 bits per heavy atom. The van der Waals surface area contributed by atoms with Crippen molar-refractivity contribution in [3.8, 4) is 5.75 Å². The van der Waals surface area contributed by atoms with Crippen molar-refractivity contribution in [3.63, 3.8) is 0 Å². The number of nitrogens with one attached hydrogen (secondary N) is 1. The molecule has 3 rings (SSSR count). The summed E-state index contributed by atoms with van der Waals surface area (Å²) in [5, 5.41) is 2.89. The minimum Gasteiger partial charge on any atom is -0.491 e. The lowest BCUT2D eigenvalue weighted by Crippen LogP contribution is -2.43. The van der Waals surface area contributed by atoms with Crippen LogP contribution in [0, 0.1) is 13.8 Å². The highest BCUT2D eigenvalue weighted by atomic mass is 16.5. The van der Waals surface area contributed by atoms with Crippen LogP contribution in [0.2, 0.25) is 0 Å². The maximum Gasteiger partial charge on any atom is 0.325 e. The number of hydrogen-bond acceptors (Lipinski definition) is 3. The molecule has 1 unspecified atom stereocenters. The Kier molecular flexibility index (Phi) is 4.98. The van der Waals surface area contributed by atoms with E-state index in [4.69, 9.17) is 4.74 Å². The summed E-state index contributed by atoms with van der Waals surface area (Å²) in [7, 11) is 0. The van der Waals surface area contributed by atoms with Gasteiger partial charge in [0.25, 0.3) is 5.91 Å². The van der Waals surface area contributed by atoms with Crippen LogP contribution in [0.4, 0.5) is 4.79 Å². The molecule has 26 heavy (non-hydrogen) atoms. The van der Waals surface area contributed by atoms with Gasteiger partial charge in [-0.15, -0.1) is 0 Å². The Labute approximate surface area is 154 Å².